The summed E-state index contributed by atoms with van der Waals surface area (Å²) in [5, 5.41) is 10.8. The van der Waals surface area contributed by atoms with Crippen molar-refractivity contribution < 1.29 is 37.2 Å². The van der Waals surface area contributed by atoms with Gasteiger partial charge in [-0.3, -0.25) is 29.4 Å². The summed E-state index contributed by atoms with van der Waals surface area (Å²) in [5.41, 5.74) is -1.88. The van der Waals surface area contributed by atoms with Gasteiger partial charge in [-0.2, -0.15) is 13.2 Å². The average Bonchev–Trinajstić information content (AvgIpc) is 3.12. The molecule has 39 heavy (non-hydrogen) atoms. The first kappa shape index (κ1) is 28.6. The first-order valence-electron chi connectivity index (χ1n) is 11.7. The molecule has 2 aromatic carbocycles. The Kier molecular flexibility index (Phi) is 8.35. The Morgan fingerprint density at radius 2 is 1.85 bits per heavy atom. The van der Waals surface area contributed by atoms with Crippen molar-refractivity contribution >= 4 is 56.5 Å². The molecule has 2 aliphatic rings. The molecule has 2 aliphatic heterocycles. The molecule has 4 rings (SSSR count). The van der Waals surface area contributed by atoms with Crippen LogP contribution in [0.3, 0.4) is 0 Å². The van der Waals surface area contributed by atoms with E-state index in [4.69, 9.17) is 4.74 Å². The smallest absolute Gasteiger partial charge is 0.416 e. The average molecular weight is 628 g/mol. The molecule has 3 amide bonds. The van der Waals surface area contributed by atoms with Crippen molar-refractivity contribution in [3.05, 3.63) is 67.0 Å². The Hall–Kier alpha value is -3.39. The molecule has 2 heterocycles. The minimum absolute atomic E-state index is 0.00799. The SMILES string of the molecule is CC1CCN(C(=O)CN2C(=O)S/C(=C/c3cc(Br)ccc3Oc3ccc(C(F)(F)F)cc3[N+](=O)[O-])C2=O)CC1. The molecule has 2 aromatic rings. The standard InChI is InChI=1S/C25H21BrF3N3O6S/c1-14-6-8-30(9-7-14)22(33)13-31-23(34)21(39-24(31)35)11-15-10-17(26)3-5-19(15)38-20-4-2-16(25(27,28)29)12-18(20)32(36)37/h2-5,10-12,14H,6-9,13H2,1H3/b21-11+. The van der Waals surface area contributed by atoms with Crippen LogP contribution in [0.4, 0.5) is 23.7 Å². The number of amides is 3. The van der Waals surface area contributed by atoms with Crippen LogP contribution < -0.4 is 4.74 Å². The van der Waals surface area contributed by atoms with Gasteiger partial charge in [-0.05, 0) is 66.9 Å². The fraction of sp³-hybridized carbons (Fsp3) is 0.320. The molecular formula is C25H21BrF3N3O6S. The Morgan fingerprint density at radius 1 is 1.18 bits per heavy atom. The molecule has 0 saturated carbocycles. The van der Waals surface area contributed by atoms with Crippen LogP contribution in [-0.2, 0) is 15.8 Å². The number of benzene rings is 2. The predicted molar refractivity (Wildman–Crippen MR) is 140 cm³/mol. The summed E-state index contributed by atoms with van der Waals surface area (Å²) in [6, 6.07) is 6.33. The van der Waals surface area contributed by atoms with Crippen molar-refractivity contribution in [3.63, 3.8) is 0 Å². The molecule has 9 nitrogen and oxygen atoms in total. The first-order chi connectivity index (χ1) is 18.3. The van der Waals surface area contributed by atoms with E-state index < -0.39 is 45.8 Å². The van der Waals surface area contributed by atoms with Crippen LogP contribution in [-0.4, -0.2) is 51.4 Å². The van der Waals surface area contributed by atoms with E-state index in [0.717, 1.165) is 23.8 Å². The van der Waals surface area contributed by atoms with Gasteiger partial charge in [-0.15, -0.1) is 0 Å². The number of likely N-dealkylation sites (tertiary alicyclic amines) is 1. The lowest BCUT2D eigenvalue weighted by Crippen LogP contribution is -2.45. The van der Waals surface area contributed by atoms with E-state index in [2.05, 4.69) is 22.9 Å². The van der Waals surface area contributed by atoms with Crippen LogP contribution in [0.25, 0.3) is 6.08 Å². The Labute approximate surface area is 233 Å². The van der Waals surface area contributed by atoms with Crippen LogP contribution >= 0.6 is 27.7 Å². The predicted octanol–water partition coefficient (Wildman–Crippen LogP) is 6.46. The highest BCUT2D eigenvalue weighted by atomic mass is 79.9. The highest BCUT2D eigenvalue weighted by molar-refractivity contribution is 9.10. The second kappa shape index (κ2) is 11.4. The van der Waals surface area contributed by atoms with Gasteiger partial charge in [0.05, 0.1) is 15.4 Å². The highest BCUT2D eigenvalue weighted by Gasteiger charge is 2.38. The van der Waals surface area contributed by atoms with Gasteiger partial charge in [0.25, 0.3) is 11.1 Å². The number of ether oxygens (including phenoxy) is 1. The number of rotatable bonds is 6. The lowest BCUT2D eigenvalue weighted by atomic mass is 9.99. The molecule has 0 unspecified atom stereocenters. The summed E-state index contributed by atoms with van der Waals surface area (Å²) in [4.78, 5) is 51.2. The number of nitro groups is 1. The van der Waals surface area contributed by atoms with Gasteiger partial charge < -0.3 is 9.64 Å². The number of alkyl halides is 3. The van der Waals surface area contributed by atoms with E-state index in [1.807, 2.05) is 0 Å². The van der Waals surface area contributed by atoms with Gasteiger partial charge in [0.2, 0.25) is 11.7 Å². The Morgan fingerprint density at radius 3 is 2.49 bits per heavy atom. The van der Waals surface area contributed by atoms with Crippen molar-refractivity contribution in [3.8, 4) is 11.5 Å². The largest absolute Gasteiger partial charge is 0.449 e. The molecule has 0 aliphatic carbocycles. The number of hydrogen-bond donors (Lipinski definition) is 0. The van der Waals surface area contributed by atoms with Crippen LogP contribution in [0.15, 0.2) is 45.8 Å². The summed E-state index contributed by atoms with van der Waals surface area (Å²) in [6.45, 7) is 2.82. The molecule has 0 N–H and O–H groups in total. The molecule has 0 atom stereocenters. The Bertz CT molecular complexity index is 1380. The van der Waals surface area contributed by atoms with Crippen LogP contribution in [0.1, 0.15) is 30.9 Å². The number of carbonyl (C=O) groups is 3. The van der Waals surface area contributed by atoms with Crippen molar-refractivity contribution in [2.45, 2.75) is 25.9 Å². The molecule has 2 saturated heterocycles. The summed E-state index contributed by atoms with van der Waals surface area (Å²) >= 11 is 3.91. The third-order valence-corrected chi connectivity index (χ3v) is 7.67. The molecule has 2 fully saturated rings. The number of carbonyl (C=O) groups excluding carboxylic acids is 3. The van der Waals surface area contributed by atoms with Gasteiger partial charge >= 0.3 is 11.9 Å². The summed E-state index contributed by atoms with van der Waals surface area (Å²) < 4.78 is 45.3. The third kappa shape index (κ3) is 6.61. The minimum Gasteiger partial charge on any atom is -0.449 e. The zero-order chi connectivity index (χ0) is 28.5. The normalized spacial score (nSPS) is 17.7. The fourth-order valence-corrected chi connectivity index (χ4v) is 5.24. The molecule has 206 valence electrons. The van der Waals surface area contributed by atoms with Gasteiger partial charge in [-0.1, -0.05) is 22.9 Å². The maximum absolute atomic E-state index is 13.1. The van der Waals surface area contributed by atoms with Gasteiger partial charge in [0, 0.05) is 29.2 Å². The second-order valence-electron chi connectivity index (χ2n) is 9.05. The number of thioether (sulfide) groups is 1. The number of piperidine rings is 1. The van der Waals surface area contributed by atoms with E-state index in [9.17, 15) is 37.7 Å². The first-order valence-corrected chi connectivity index (χ1v) is 13.3. The number of hydrogen-bond acceptors (Lipinski definition) is 7. The van der Waals surface area contributed by atoms with E-state index in [0.29, 0.717) is 47.4 Å². The minimum atomic E-state index is -4.79. The fourth-order valence-electron chi connectivity index (χ4n) is 4.04. The van der Waals surface area contributed by atoms with Crippen LogP contribution in [0.2, 0.25) is 0 Å². The van der Waals surface area contributed by atoms with Gasteiger partial charge in [0.15, 0.2) is 0 Å². The highest BCUT2D eigenvalue weighted by Crippen LogP contribution is 2.40. The number of nitrogens with zero attached hydrogens (tertiary/aromatic N) is 3. The third-order valence-electron chi connectivity index (χ3n) is 6.26. The molecule has 0 radical (unpaired) electrons. The lowest BCUT2D eigenvalue weighted by molar-refractivity contribution is -0.385. The lowest BCUT2D eigenvalue weighted by Gasteiger charge is -2.31. The molecular weight excluding hydrogens is 607 g/mol. The van der Waals surface area contributed by atoms with E-state index >= 15 is 0 Å². The van der Waals surface area contributed by atoms with Gasteiger partial charge in [0.1, 0.15) is 12.3 Å². The number of nitro benzene ring substituents is 1. The zero-order valence-electron chi connectivity index (χ0n) is 20.4. The van der Waals surface area contributed by atoms with Crippen molar-refractivity contribution in [1.82, 2.24) is 9.80 Å². The zero-order valence-corrected chi connectivity index (χ0v) is 22.8. The summed E-state index contributed by atoms with van der Waals surface area (Å²) in [7, 11) is 0. The topological polar surface area (TPSA) is 110 Å². The van der Waals surface area contributed by atoms with Crippen molar-refractivity contribution in [2.75, 3.05) is 19.6 Å². The van der Waals surface area contributed by atoms with E-state index in [1.54, 1.807) is 4.90 Å². The van der Waals surface area contributed by atoms with Crippen molar-refractivity contribution in [1.29, 1.82) is 0 Å². The second-order valence-corrected chi connectivity index (χ2v) is 11.0. The molecule has 0 spiro atoms. The summed E-state index contributed by atoms with van der Waals surface area (Å²) in [5.74, 6) is -0.965. The molecule has 0 bridgehead atoms. The monoisotopic (exact) mass is 627 g/mol. The van der Waals surface area contributed by atoms with Crippen LogP contribution in [0, 0.1) is 16.0 Å². The van der Waals surface area contributed by atoms with E-state index in [-0.39, 0.29) is 22.1 Å². The molecule has 14 heteroatoms. The number of imide groups is 1. The van der Waals surface area contributed by atoms with Crippen LogP contribution in [0.5, 0.6) is 11.5 Å². The maximum atomic E-state index is 13.1. The number of halogens is 4. The quantitative estimate of drug-likeness (QED) is 0.205. The Balaban J connectivity index is 1.58. The molecule has 0 aromatic heterocycles. The van der Waals surface area contributed by atoms with E-state index in [1.165, 1.54) is 24.3 Å². The summed E-state index contributed by atoms with van der Waals surface area (Å²) in [6.07, 6.45) is -1.77. The van der Waals surface area contributed by atoms with Gasteiger partial charge in [-0.25, -0.2) is 0 Å². The maximum Gasteiger partial charge on any atom is 0.416 e. The van der Waals surface area contributed by atoms with Crippen molar-refractivity contribution in [2.24, 2.45) is 5.92 Å².